The fourth-order valence-corrected chi connectivity index (χ4v) is 3.00. The first-order valence-corrected chi connectivity index (χ1v) is 7.17. The number of aryl methyl sites for hydroxylation is 1. The van der Waals surface area contributed by atoms with Gasteiger partial charge in [0.2, 0.25) is 0 Å². The number of nitrogens with one attached hydrogen (secondary N) is 1. The molecule has 21 heavy (non-hydrogen) atoms. The fourth-order valence-electron chi connectivity index (χ4n) is 3.00. The zero-order valence-electron chi connectivity index (χ0n) is 11.5. The highest BCUT2D eigenvalue weighted by Crippen LogP contribution is 2.29. The molecule has 0 aliphatic carbocycles. The van der Waals surface area contributed by atoms with Crippen molar-refractivity contribution in [3.63, 3.8) is 0 Å². The molecule has 3 aromatic rings. The minimum absolute atomic E-state index is 0.0281. The molecule has 4 rings (SSSR count). The second kappa shape index (κ2) is 4.74. The Balaban J connectivity index is 1.79. The van der Waals surface area contributed by atoms with Gasteiger partial charge in [-0.1, -0.05) is 36.4 Å². The Morgan fingerprint density at radius 1 is 1.10 bits per heavy atom. The van der Waals surface area contributed by atoms with Crippen LogP contribution in [0.25, 0.3) is 10.9 Å². The molecule has 4 heteroatoms. The summed E-state index contributed by atoms with van der Waals surface area (Å²) in [5.74, 6) is -0.0281. The van der Waals surface area contributed by atoms with E-state index in [4.69, 9.17) is 0 Å². The van der Waals surface area contributed by atoms with Crippen molar-refractivity contribution in [2.24, 2.45) is 0 Å². The van der Waals surface area contributed by atoms with Crippen LogP contribution >= 0.6 is 0 Å². The number of carbonyl (C=O) groups excluding carboxylic acids is 1. The van der Waals surface area contributed by atoms with Gasteiger partial charge in [0.15, 0.2) is 5.69 Å². The van der Waals surface area contributed by atoms with Crippen molar-refractivity contribution in [3.8, 4) is 0 Å². The Labute approximate surface area is 122 Å². The molecule has 1 aromatic heterocycles. The maximum Gasteiger partial charge on any atom is 0.279 e. The highest BCUT2D eigenvalue weighted by Gasteiger charge is 2.26. The van der Waals surface area contributed by atoms with Crippen LogP contribution in [-0.2, 0) is 6.42 Å². The summed E-state index contributed by atoms with van der Waals surface area (Å²) in [7, 11) is 0. The highest BCUT2D eigenvalue weighted by atomic mass is 16.2. The molecule has 1 N–H and O–H groups in total. The number of aromatic nitrogens is 2. The molecule has 0 spiro atoms. The summed E-state index contributed by atoms with van der Waals surface area (Å²) in [6, 6.07) is 15.8. The number of hydrogen-bond acceptors (Lipinski definition) is 2. The van der Waals surface area contributed by atoms with Gasteiger partial charge in [-0.2, -0.15) is 5.10 Å². The lowest BCUT2D eigenvalue weighted by molar-refractivity contribution is 0.0982. The molecule has 0 saturated carbocycles. The van der Waals surface area contributed by atoms with Gasteiger partial charge in [-0.3, -0.25) is 9.89 Å². The second-order valence-electron chi connectivity index (χ2n) is 5.31. The largest absolute Gasteiger partial charge is 0.307 e. The second-order valence-corrected chi connectivity index (χ2v) is 5.31. The van der Waals surface area contributed by atoms with Gasteiger partial charge in [-0.15, -0.1) is 0 Å². The zero-order valence-corrected chi connectivity index (χ0v) is 11.5. The third kappa shape index (κ3) is 1.91. The molecule has 0 radical (unpaired) electrons. The molecule has 2 heterocycles. The van der Waals surface area contributed by atoms with E-state index in [2.05, 4.69) is 16.3 Å². The van der Waals surface area contributed by atoms with Crippen LogP contribution in [0.1, 0.15) is 22.5 Å². The maximum absolute atomic E-state index is 12.9. The smallest absolute Gasteiger partial charge is 0.279 e. The molecule has 2 aromatic carbocycles. The lowest BCUT2D eigenvalue weighted by atomic mass is 10.0. The highest BCUT2D eigenvalue weighted by molar-refractivity contribution is 6.12. The van der Waals surface area contributed by atoms with Crippen LogP contribution in [0.2, 0.25) is 0 Å². The van der Waals surface area contributed by atoms with E-state index in [0.29, 0.717) is 5.69 Å². The number of rotatable bonds is 1. The van der Waals surface area contributed by atoms with E-state index in [1.54, 1.807) is 0 Å². The molecule has 0 saturated heterocycles. The molecule has 1 amide bonds. The number of para-hydroxylation sites is 2. The number of nitrogens with zero attached hydrogens (tertiary/aromatic N) is 2. The molecule has 0 fully saturated rings. The van der Waals surface area contributed by atoms with E-state index in [-0.39, 0.29) is 5.91 Å². The number of anilines is 1. The summed E-state index contributed by atoms with van der Waals surface area (Å²) < 4.78 is 0. The first-order chi connectivity index (χ1) is 10.3. The van der Waals surface area contributed by atoms with Gasteiger partial charge in [0.1, 0.15) is 0 Å². The van der Waals surface area contributed by atoms with Gasteiger partial charge in [-0.05, 0) is 30.5 Å². The molecule has 1 aliphatic heterocycles. The first-order valence-electron chi connectivity index (χ1n) is 7.17. The van der Waals surface area contributed by atoms with Gasteiger partial charge >= 0.3 is 0 Å². The van der Waals surface area contributed by atoms with Crippen molar-refractivity contribution in [1.82, 2.24) is 10.2 Å². The van der Waals surface area contributed by atoms with Crippen molar-refractivity contribution in [2.75, 3.05) is 11.4 Å². The molecular formula is C17H15N3O. The van der Waals surface area contributed by atoms with E-state index in [1.165, 1.54) is 5.56 Å². The number of hydrogen-bond donors (Lipinski definition) is 1. The third-order valence-corrected chi connectivity index (χ3v) is 4.03. The Hall–Kier alpha value is -2.62. The van der Waals surface area contributed by atoms with Gasteiger partial charge in [-0.25, -0.2) is 0 Å². The van der Waals surface area contributed by atoms with Crippen molar-refractivity contribution in [3.05, 3.63) is 59.8 Å². The molecule has 1 aliphatic rings. The van der Waals surface area contributed by atoms with Crippen LogP contribution in [0.3, 0.4) is 0 Å². The zero-order chi connectivity index (χ0) is 14.2. The first kappa shape index (κ1) is 12.1. The Morgan fingerprint density at radius 3 is 2.86 bits per heavy atom. The van der Waals surface area contributed by atoms with E-state index in [0.717, 1.165) is 36.0 Å². The van der Waals surface area contributed by atoms with Crippen LogP contribution in [0.4, 0.5) is 5.69 Å². The summed E-state index contributed by atoms with van der Waals surface area (Å²) >= 11 is 0. The van der Waals surface area contributed by atoms with Gasteiger partial charge in [0, 0.05) is 17.6 Å². The average Bonchev–Trinajstić information content (AvgIpc) is 2.98. The molecule has 0 bridgehead atoms. The maximum atomic E-state index is 12.9. The summed E-state index contributed by atoms with van der Waals surface area (Å²) in [5.41, 5.74) is 3.64. The van der Waals surface area contributed by atoms with Crippen molar-refractivity contribution >= 4 is 22.5 Å². The standard InChI is InChI=1S/C17H15N3O/c21-17(16-13-8-2-3-9-14(13)18-19-16)20-11-5-7-12-6-1-4-10-15(12)20/h1-4,6,8-10H,5,7,11H2,(H,18,19). The van der Waals surface area contributed by atoms with Gasteiger partial charge in [0.25, 0.3) is 5.91 Å². The Kier molecular flexibility index (Phi) is 2.74. The number of amides is 1. The Morgan fingerprint density at radius 2 is 1.90 bits per heavy atom. The molecular weight excluding hydrogens is 262 g/mol. The van der Waals surface area contributed by atoms with Crippen LogP contribution in [0.15, 0.2) is 48.5 Å². The average molecular weight is 277 g/mol. The Bertz CT molecular complexity index is 822. The predicted molar refractivity (Wildman–Crippen MR) is 82.5 cm³/mol. The minimum Gasteiger partial charge on any atom is -0.307 e. The SMILES string of the molecule is O=C(c1n[nH]c2ccccc12)N1CCCc2ccccc21. The van der Waals surface area contributed by atoms with Gasteiger partial charge in [0.05, 0.1) is 5.52 Å². The molecule has 0 atom stereocenters. The normalized spacial score (nSPS) is 14.2. The van der Waals surface area contributed by atoms with Crippen molar-refractivity contribution < 1.29 is 4.79 Å². The number of carbonyl (C=O) groups is 1. The summed E-state index contributed by atoms with van der Waals surface area (Å²) in [4.78, 5) is 14.7. The van der Waals surface area contributed by atoms with Crippen LogP contribution in [0, 0.1) is 0 Å². The molecule has 0 unspecified atom stereocenters. The monoisotopic (exact) mass is 277 g/mol. The van der Waals surface area contributed by atoms with Crippen LogP contribution in [-0.4, -0.2) is 22.6 Å². The van der Waals surface area contributed by atoms with Crippen LogP contribution in [0.5, 0.6) is 0 Å². The quantitative estimate of drug-likeness (QED) is 0.742. The lowest BCUT2D eigenvalue weighted by Gasteiger charge is -2.28. The van der Waals surface area contributed by atoms with E-state index in [1.807, 2.05) is 47.4 Å². The van der Waals surface area contributed by atoms with E-state index < -0.39 is 0 Å². The van der Waals surface area contributed by atoms with E-state index >= 15 is 0 Å². The van der Waals surface area contributed by atoms with Crippen molar-refractivity contribution in [1.29, 1.82) is 0 Å². The lowest BCUT2D eigenvalue weighted by Crippen LogP contribution is -2.35. The predicted octanol–water partition coefficient (Wildman–Crippen LogP) is 3.16. The summed E-state index contributed by atoms with van der Waals surface area (Å²) in [6.45, 7) is 0.747. The number of benzene rings is 2. The molecule has 104 valence electrons. The fraction of sp³-hybridized carbons (Fsp3) is 0.176. The summed E-state index contributed by atoms with van der Waals surface area (Å²) in [5, 5.41) is 8.04. The topological polar surface area (TPSA) is 49.0 Å². The van der Waals surface area contributed by atoms with E-state index in [9.17, 15) is 4.79 Å². The van der Waals surface area contributed by atoms with Crippen LogP contribution < -0.4 is 4.90 Å². The summed E-state index contributed by atoms with van der Waals surface area (Å²) in [6.07, 6.45) is 2.02. The number of H-pyrrole nitrogens is 1. The van der Waals surface area contributed by atoms with Crippen molar-refractivity contribution in [2.45, 2.75) is 12.8 Å². The number of fused-ring (bicyclic) bond motifs is 2. The third-order valence-electron chi connectivity index (χ3n) is 4.03. The molecule has 4 nitrogen and oxygen atoms in total. The number of aromatic amines is 1. The minimum atomic E-state index is -0.0281. The van der Waals surface area contributed by atoms with Gasteiger partial charge < -0.3 is 4.90 Å².